The van der Waals surface area contributed by atoms with Gasteiger partial charge in [0.05, 0.1) is 0 Å². The molecule has 3 heterocycles. The fourth-order valence-electron chi connectivity index (χ4n) is 3.65. The fraction of sp³-hybridized carbons (Fsp3) is 0.348. The van der Waals surface area contributed by atoms with Crippen LogP contribution in [0.1, 0.15) is 11.1 Å². The Kier molecular flexibility index (Phi) is 5.89. The molecule has 0 bridgehead atoms. The summed E-state index contributed by atoms with van der Waals surface area (Å²) in [6, 6.07) is 14.8. The molecule has 0 amide bonds. The van der Waals surface area contributed by atoms with Crippen LogP contribution in [0.5, 0.6) is 0 Å². The monoisotopic (exact) mass is 388 g/mol. The average molecular weight is 389 g/mol. The predicted molar refractivity (Wildman–Crippen MR) is 119 cm³/mol. The molecule has 1 aromatic carbocycles. The van der Waals surface area contributed by atoms with Crippen LogP contribution >= 0.6 is 0 Å². The second-order valence-electron chi connectivity index (χ2n) is 7.55. The summed E-state index contributed by atoms with van der Waals surface area (Å²) >= 11 is 0. The lowest BCUT2D eigenvalue weighted by molar-refractivity contribution is 0.639. The smallest absolute Gasteiger partial charge is 0.227 e. The molecule has 2 aromatic heterocycles. The molecule has 150 valence electrons. The van der Waals surface area contributed by atoms with E-state index in [4.69, 9.17) is 4.98 Å². The zero-order valence-corrected chi connectivity index (χ0v) is 17.2. The highest BCUT2D eigenvalue weighted by Crippen LogP contribution is 2.20. The van der Waals surface area contributed by atoms with Gasteiger partial charge in [0.2, 0.25) is 5.95 Å². The van der Waals surface area contributed by atoms with E-state index in [0.717, 1.165) is 50.9 Å². The van der Waals surface area contributed by atoms with Crippen LogP contribution in [0.2, 0.25) is 0 Å². The Balaban J connectivity index is 1.36. The molecule has 1 aliphatic heterocycles. The maximum atomic E-state index is 4.83. The number of hydrogen-bond acceptors (Lipinski definition) is 6. The van der Waals surface area contributed by atoms with Gasteiger partial charge in [0.25, 0.3) is 0 Å². The maximum absolute atomic E-state index is 4.83. The van der Waals surface area contributed by atoms with Crippen LogP contribution < -0.4 is 14.7 Å². The van der Waals surface area contributed by atoms with Crippen molar-refractivity contribution in [1.82, 2.24) is 15.0 Å². The van der Waals surface area contributed by atoms with Crippen molar-refractivity contribution in [2.45, 2.75) is 13.3 Å². The van der Waals surface area contributed by atoms with Crippen molar-refractivity contribution in [2.75, 3.05) is 54.5 Å². The van der Waals surface area contributed by atoms with Crippen molar-refractivity contribution in [3.63, 3.8) is 0 Å². The summed E-state index contributed by atoms with van der Waals surface area (Å²) in [6.45, 7) is 6.87. The van der Waals surface area contributed by atoms with E-state index in [9.17, 15) is 0 Å². The first-order chi connectivity index (χ1) is 14.2. The van der Waals surface area contributed by atoms with Crippen LogP contribution in [0.3, 0.4) is 0 Å². The summed E-state index contributed by atoms with van der Waals surface area (Å²) in [5, 5.41) is 0. The molecule has 6 nitrogen and oxygen atoms in total. The number of nitrogens with zero attached hydrogens (tertiary/aromatic N) is 6. The lowest BCUT2D eigenvalue weighted by Gasteiger charge is -2.36. The van der Waals surface area contributed by atoms with Gasteiger partial charge in [0.15, 0.2) is 0 Å². The van der Waals surface area contributed by atoms with E-state index in [0.29, 0.717) is 0 Å². The number of rotatable bonds is 6. The maximum Gasteiger partial charge on any atom is 0.227 e. The Bertz CT molecular complexity index is 921. The summed E-state index contributed by atoms with van der Waals surface area (Å²) in [7, 11) is 2.09. The SMILES string of the molecule is Cc1cccc(N2CCN(c3nccc(N(C)CCc4ccncc4)n3)CC2)c1. The second-order valence-corrected chi connectivity index (χ2v) is 7.55. The summed E-state index contributed by atoms with van der Waals surface area (Å²) in [5.74, 6) is 1.78. The largest absolute Gasteiger partial charge is 0.368 e. The van der Waals surface area contributed by atoms with Crippen LogP contribution in [0.15, 0.2) is 61.1 Å². The highest BCUT2D eigenvalue weighted by Gasteiger charge is 2.20. The van der Waals surface area contributed by atoms with E-state index in [-0.39, 0.29) is 0 Å². The highest BCUT2D eigenvalue weighted by molar-refractivity contribution is 5.51. The molecule has 6 heteroatoms. The van der Waals surface area contributed by atoms with Gasteiger partial charge in [-0.3, -0.25) is 4.98 Å². The first-order valence-corrected chi connectivity index (χ1v) is 10.2. The van der Waals surface area contributed by atoms with Gasteiger partial charge in [-0.25, -0.2) is 4.98 Å². The standard InChI is InChI=1S/C23H28N6/c1-19-4-3-5-21(18-19)28-14-16-29(17-15-28)23-25-12-8-22(26-23)27(2)13-9-20-6-10-24-11-7-20/h3-8,10-12,18H,9,13-17H2,1-2H3. The molecule has 29 heavy (non-hydrogen) atoms. The Morgan fingerprint density at radius 2 is 1.69 bits per heavy atom. The second kappa shape index (κ2) is 8.90. The Morgan fingerprint density at radius 1 is 0.931 bits per heavy atom. The molecule has 3 aromatic rings. The van der Waals surface area contributed by atoms with Crippen LogP contribution in [-0.2, 0) is 6.42 Å². The third-order valence-corrected chi connectivity index (χ3v) is 5.43. The molecule has 1 fully saturated rings. The normalized spacial score (nSPS) is 14.1. The van der Waals surface area contributed by atoms with Crippen molar-refractivity contribution < 1.29 is 0 Å². The van der Waals surface area contributed by atoms with Crippen LogP contribution in [0.4, 0.5) is 17.5 Å². The predicted octanol–water partition coefficient (Wildman–Crippen LogP) is 3.19. The molecule has 1 aliphatic rings. The molecule has 0 unspecified atom stereocenters. The number of hydrogen-bond donors (Lipinski definition) is 0. The van der Waals surface area contributed by atoms with Gasteiger partial charge in [-0.1, -0.05) is 12.1 Å². The Morgan fingerprint density at radius 3 is 2.45 bits per heavy atom. The van der Waals surface area contributed by atoms with Gasteiger partial charge in [-0.15, -0.1) is 0 Å². The van der Waals surface area contributed by atoms with Gasteiger partial charge in [0, 0.05) is 64.0 Å². The third-order valence-electron chi connectivity index (χ3n) is 5.43. The zero-order valence-electron chi connectivity index (χ0n) is 17.2. The fourth-order valence-corrected chi connectivity index (χ4v) is 3.65. The van der Waals surface area contributed by atoms with Crippen LogP contribution in [0, 0.1) is 6.92 Å². The molecule has 0 saturated carbocycles. The van der Waals surface area contributed by atoms with Gasteiger partial charge < -0.3 is 14.7 Å². The van der Waals surface area contributed by atoms with Crippen LogP contribution in [0.25, 0.3) is 0 Å². The number of aromatic nitrogens is 3. The van der Waals surface area contributed by atoms with E-state index in [1.807, 2.05) is 24.7 Å². The van der Waals surface area contributed by atoms with E-state index < -0.39 is 0 Å². The Labute approximate surface area is 172 Å². The van der Waals surface area contributed by atoms with Crippen molar-refractivity contribution in [1.29, 1.82) is 0 Å². The minimum absolute atomic E-state index is 0.821. The molecule has 4 rings (SSSR count). The topological polar surface area (TPSA) is 48.4 Å². The molecule has 0 radical (unpaired) electrons. The van der Waals surface area contributed by atoms with Crippen molar-refractivity contribution in [2.24, 2.45) is 0 Å². The van der Waals surface area contributed by atoms with Gasteiger partial charge in [0.1, 0.15) is 5.82 Å². The van der Waals surface area contributed by atoms with Crippen molar-refractivity contribution in [3.05, 3.63) is 72.2 Å². The quantitative estimate of drug-likeness (QED) is 0.646. The van der Waals surface area contributed by atoms with Crippen molar-refractivity contribution >= 4 is 17.5 Å². The third kappa shape index (κ3) is 4.83. The molecule has 1 saturated heterocycles. The summed E-state index contributed by atoms with van der Waals surface area (Å²) in [6.07, 6.45) is 6.52. The number of piperazine rings is 1. The molecule has 0 aliphatic carbocycles. The lowest BCUT2D eigenvalue weighted by atomic mass is 10.2. The number of pyridine rings is 1. The Hall–Kier alpha value is -3.15. The summed E-state index contributed by atoms with van der Waals surface area (Å²) in [4.78, 5) is 20.4. The minimum Gasteiger partial charge on any atom is -0.368 e. The first-order valence-electron chi connectivity index (χ1n) is 10.2. The number of benzene rings is 1. The highest BCUT2D eigenvalue weighted by atomic mass is 15.3. The summed E-state index contributed by atoms with van der Waals surface area (Å²) < 4.78 is 0. The molecular formula is C23H28N6. The van der Waals surface area contributed by atoms with E-state index in [1.54, 1.807) is 0 Å². The minimum atomic E-state index is 0.821. The van der Waals surface area contributed by atoms with E-state index in [1.165, 1.54) is 16.8 Å². The lowest BCUT2D eigenvalue weighted by Crippen LogP contribution is -2.47. The molecule has 0 atom stereocenters. The number of likely N-dealkylation sites (N-methyl/N-ethyl adjacent to an activating group) is 1. The van der Waals surface area contributed by atoms with E-state index >= 15 is 0 Å². The molecule has 0 N–H and O–H groups in total. The average Bonchev–Trinajstić information content (AvgIpc) is 2.78. The van der Waals surface area contributed by atoms with Gasteiger partial charge in [-0.05, 0) is 54.8 Å². The van der Waals surface area contributed by atoms with Crippen LogP contribution in [-0.4, -0.2) is 54.7 Å². The molecular weight excluding hydrogens is 360 g/mol. The number of aryl methyl sites for hydroxylation is 1. The van der Waals surface area contributed by atoms with Crippen molar-refractivity contribution in [3.8, 4) is 0 Å². The number of anilines is 3. The summed E-state index contributed by atoms with van der Waals surface area (Å²) in [5.41, 5.74) is 3.89. The van der Waals surface area contributed by atoms with E-state index in [2.05, 4.69) is 75.0 Å². The zero-order chi connectivity index (χ0) is 20.1. The van der Waals surface area contributed by atoms with Gasteiger partial charge in [-0.2, -0.15) is 4.98 Å². The van der Waals surface area contributed by atoms with Gasteiger partial charge >= 0.3 is 0 Å². The molecule has 0 spiro atoms. The first kappa shape index (κ1) is 19.2.